The van der Waals surface area contributed by atoms with Gasteiger partial charge in [0.05, 0.1) is 20.1 Å². The van der Waals surface area contributed by atoms with Gasteiger partial charge in [0, 0.05) is 25.7 Å². The third-order valence-electron chi connectivity index (χ3n) is 4.55. The van der Waals surface area contributed by atoms with E-state index in [4.69, 9.17) is 9.47 Å². The first-order valence-corrected chi connectivity index (χ1v) is 8.20. The number of amides is 1. The fourth-order valence-corrected chi connectivity index (χ4v) is 3.11. The number of hydrogen-bond acceptors (Lipinski definition) is 6. The van der Waals surface area contributed by atoms with E-state index in [9.17, 15) is 14.4 Å². The highest BCUT2D eigenvalue weighted by molar-refractivity contribution is 5.93. The van der Waals surface area contributed by atoms with Crippen molar-refractivity contribution in [3.8, 4) is 0 Å². The lowest BCUT2D eigenvalue weighted by Gasteiger charge is -2.36. The largest absolute Gasteiger partial charge is 0.469 e. The number of hydrogen-bond donors (Lipinski definition) is 1. The third-order valence-corrected chi connectivity index (χ3v) is 4.55. The highest BCUT2D eigenvalue weighted by Crippen LogP contribution is 2.26. The second-order valence-corrected chi connectivity index (χ2v) is 6.03. The van der Waals surface area contributed by atoms with Crippen molar-refractivity contribution < 1.29 is 23.9 Å². The van der Waals surface area contributed by atoms with Gasteiger partial charge in [-0.25, -0.2) is 0 Å². The van der Waals surface area contributed by atoms with Gasteiger partial charge in [-0.15, -0.1) is 0 Å². The summed E-state index contributed by atoms with van der Waals surface area (Å²) in [6, 6.07) is 6.75. The molecule has 2 atom stereocenters. The molecule has 1 N–H and O–H groups in total. The monoisotopic (exact) mass is 348 g/mol. The van der Waals surface area contributed by atoms with Gasteiger partial charge in [-0.2, -0.15) is 0 Å². The number of methoxy groups -OCH3 is 2. The van der Waals surface area contributed by atoms with E-state index in [0.717, 1.165) is 5.56 Å². The van der Waals surface area contributed by atoms with E-state index in [2.05, 4.69) is 5.32 Å². The molecule has 0 unspecified atom stereocenters. The minimum Gasteiger partial charge on any atom is -0.469 e. The maximum absolute atomic E-state index is 12.1. The van der Waals surface area contributed by atoms with Gasteiger partial charge < -0.3 is 14.8 Å². The first-order chi connectivity index (χ1) is 12.0. The third kappa shape index (κ3) is 4.57. The van der Waals surface area contributed by atoms with Crippen LogP contribution in [0.2, 0.25) is 0 Å². The van der Waals surface area contributed by atoms with Gasteiger partial charge in [-0.1, -0.05) is 12.1 Å². The van der Waals surface area contributed by atoms with E-state index < -0.39 is 6.04 Å². The van der Waals surface area contributed by atoms with Crippen LogP contribution in [0.5, 0.6) is 0 Å². The Balaban J connectivity index is 2.10. The number of carbonyl (C=O) groups is 3. The fourth-order valence-electron chi connectivity index (χ4n) is 3.11. The van der Waals surface area contributed by atoms with Crippen molar-refractivity contribution in [2.24, 2.45) is 5.92 Å². The van der Waals surface area contributed by atoms with Gasteiger partial charge in [0.2, 0.25) is 0 Å². The lowest BCUT2D eigenvalue weighted by molar-refractivity contribution is -0.154. The number of carbonyl (C=O) groups excluding carboxylic acids is 3. The molecule has 0 spiro atoms. The standard InChI is InChI=1S/C18H24N2O5/c1-19-16(21)13-6-4-12(5-7-13)11-20-9-8-14(17(22)24-2)10-15(20)18(23)25-3/h4-7,14-15H,8-11H2,1-3H3,(H,19,21)/t14-,15+/m0/s1. The van der Waals surface area contributed by atoms with Crippen molar-refractivity contribution in [3.05, 3.63) is 35.4 Å². The quantitative estimate of drug-likeness (QED) is 0.798. The van der Waals surface area contributed by atoms with Crippen molar-refractivity contribution >= 4 is 17.8 Å². The van der Waals surface area contributed by atoms with Gasteiger partial charge in [0.1, 0.15) is 6.04 Å². The van der Waals surface area contributed by atoms with Crippen LogP contribution in [-0.2, 0) is 25.6 Å². The molecule has 0 saturated carbocycles. The number of likely N-dealkylation sites (tertiary alicyclic amines) is 1. The van der Waals surface area contributed by atoms with Crippen LogP contribution < -0.4 is 5.32 Å². The smallest absolute Gasteiger partial charge is 0.323 e. The second-order valence-electron chi connectivity index (χ2n) is 6.03. The zero-order valence-electron chi connectivity index (χ0n) is 14.8. The average Bonchev–Trinajstić information content (AvgIpc) is 2.66. The van der Waals surface area contributed by atoms with Gasteiger partial charge >= 0.3 is 11.9 Å². The van der Waals surface area contributed by atoms with E-state index in [-0.39, 0.29) is 23.8 Å². The lowest BCUT2D eigenvalue weighted by atomic mass is 9.90. The highest BCUT2D eigenvalue weighted by atomic mass is 16.5. The maximum Gasteiger partial charge on any atom is 0.323 e. The molecule has 7 heteroatoms. The first kappa shape index (κ1) is 18.9. The molecule has 1 heterocycles. The predicted octanol–water partition coefficient (Wildman–Crippen LogP) is 0.973. The van der Waals surface area contributed by atoms with E-state index in [1.807, 2.05) is 17.0 Å². The molecule has 0 bridgehead atoms. The number of nitrogens with one attached hydrogen (secondary N) is 1. The molecule has 2 rings (SSSR count). The Morgan fingerprint density at radius 2 is 1.76 bits per heavy atom. The van der Waals surface area contributed by atoms with E-state index in [1.54, 1.807) is 19.2 Å². The molecule has 1 aromatic rings. The summed E-state index contributed by atoms with van der Waals surface area (Å²) in [6.07, 6.45) is 1.02. The molecule has 0 radical (unpaired) electrons. The van der Waals surface area contributed by atoms with Crippen molar-refractivity contribution in [1.82, 2.24) is 10.2 Å². The van der Waals surface area contributed by atoms with Crippen LogP contribution in [0.3, 0.4) is 0 Å². The Hall–Kier alpha value is -2.41. The van der Waals surface area contributed by atoms with Gasteiger partial charge in [-0.05, 0) is 30.5 Å². The number of benzene rings is 1. The van der Waals surface area contributed by atoms with Crippen LogP contribution in [-0.4, -0.2) is 56.6 Å². The summed E-state index contributed by atoms with van der Waals surface area (Å²) in [4.78, 5) is 37.5. The van der Waals surface area contributed by atoms with Gasteiger partial charge in [0.15, 0.2) is 0 Å². The molecule has 25 heavy (non-hydrogen) atoms. The minimum atomic E-state index is -0.485. The minimum absolute atomic E-state index is 0.141. The normalized spacial score (nSPS) is 20.6. The Morgan fingerprint density at radius 1 is 1.12 bits per heavy atom. The first-order valence-electron chi connectivity index (χ1n) is 8.20. The van der Waals surface area contributed by atoms with Crippen LogP contribution in [0.25, 0.3) is 0 Å². The molecule has 0 aromatic heterocycles. The van der Waals surface area contributed by atoms with E-state index >= 15 is 0 Å². The summed E-state index contributed by atoms with van der Waals surface area (Å²) in [5, 5.41) is 2.58. The Labute approximate surface area is 147 Å². The summed E-state index contributed by atoms with van der Waals surface area (Å²) in [5.41, 5.74) is 1.57. The van der Waals surface area contributed by atoms with Crippen LogP contribution in [0.4, 0.5) is 0 Å². The van der Waals surface area contributed by atoms with Crippen LogP contribution in [0, 0.1) is 5.92 Å². The number of piperidine rings is 1. The molecule has 1 aromatic carbocycles. The molecular weight excluding hydrogens is 324 g/mol. The maximum atomic E-state index is 12.1. The average molecular weight is 348 g/mol. The molecule has 1 amide bonds. The topological polar surface area (TPSA) is 84.9 Å². The molecule has 7 nitrogen and oxygen atoms in total. The molecule has 1 fully saturated rings. The summed E-state index contributed by atoms with van der Waals surface area (Å²) in [7, 11) is 4.29. The van der Waals surface area contributed by atoms with Crippen molar-refractivity contribution in [3.63, 3.8) is 0 Å². The van der Waals surface area contributed by atoms with Crippen LogP contribution in [0.15, 0.2) is 24.3 Å². The second kappa shape index (κ2) is 8.62. The molecular formula is C18H24N2O5. The summed E-state index contributed by atoms with van der Waals surface area (Å²) in [5.74, 6) is -1.07. The van der Waals surface area contributed by atoms with Crippen LogP contribution in [0.1, 0.15) is 28.8 Å². The summed E-state index contributed by atoms with van der Waals surface area (Å²) >= 11 is 0. The zero-order chi connectivity index (χ0) is 18.4. The van der Waals surface area contributed by atoms with E-state index in [1.165, 1.54) is 14.2 Å². The SMILES string of the molecule is CNC(=O)c1ccc(CN2CC[C@H](C(=O)OC)C[C@@H]2C(=O)OC)cc1. The van der Waals surface area contributed by atoms with Gasteiger partial charge in [0.25, 0.3) is 5.91 Å². The Morgan fingerprint density at radius 3 is 2.32 bits per heavy atom. The summed E-state index contributed by atoms with van der Waals surface area (Å²) < 4.78 is 9.70. The molecule has 1 saturated heterocycles. The molecule has 136 valence electrons. The Bertz CT molecular complexity index is 629. The number of nitrogens with zero attached hydrogens (tertiary/aromatic N) is 1. The molecule has 0 aliphatic carbocycles. The Kier molecular flexibility index (Phi) is 6.52. The van der Waals surface area contributed by atoms with Crippen molar-refractivity contribution in [1.29, 1.82) is 0 Å². The molecule has 1 aliphatic heterocycles. The number of ether oxygens (including phenoxy) is 2. The van der Waals surface area contributed by atoms with Crippen molar-refractivity contribution in [2.45, 2.75) is 25.4 Å². The summed E-state index contributed by atoms with van der Waals surface area (Å²) in [6.45, 7) is 1.14. The van der Waals surface area contributed by atoms with Crippen LogP contribution >= 0.6 is 0 Å². The fraction of sp³-hybridized carbons (Fsp3) is 0.500. The zero-order valence-corrected chi connectivity index (χ0v) is 14.8. The predicted molar refractivity (Wildman–Crippen MR) is 90.8 cm³/mol. The van der Waals surface area contributed by atoms with Gasteiger partial charge in [-0.3, -0.25) is 19.3 Å². The number of rotatable bonds is 5. The lowest BCUT2D eigenvalue weighted by Crippen LogP contribution is -2.48. The van der Waals surface area contributed by atoms with Crippen molar-refractivity contribution in [2.75, 3.05) is 27.8 Å². The molecule has 1 aliphatic rings. The highest BCUT2D eigenvalue weighted by Gasteiger charge is 2.37. The number of esters is 2. The van der Waals surface area contributed by atoms with E-state index in [0.29, 0.717) is 31.5 Å².